The second-order valence-corrected chi connectivity index (χ2v) is 8.70. The lowest BCUT2D eigenvalue weighted by Gasteiger charge is -2.25. The minimum atomic E-state index is -0.201. The van der Waals surface area contributed by atoms with Crippen LogP contribution in [-0.4, -0.2) is 37.1 Å². The number of nitrogens with one attached hydrogen (secondary N) is 1. The molecular formula is C25H27N7O2. The summed E-state index contributed by atoms with van der Waals surface area (Å²) in [4.78, 5) is 26.3. The molecule has 0 unspecified atom stereocenters. The molecule has 0 spiro atoms. The van der Waals surface area contributed by atoms with Gasteiger partial charge in [-0.2, -0.15) is 4.98 Å². The predicted octanol–water partition coefficient (Wildman–Crippen LogP) is 3.49. The summed E-state index contributed by atoms with van der Waals surface area (Å²) in [7, 11) is 0. The average molecular weight is 458 g/mol. The number of hydrogen-bond donors (Lipinski definition) is 2. The molecule has 1 fully saturated rings. The number of aryl methyl sites for hydroxylation is 2. The summed E-state index contributed by atoms with van der Waals surface area (Å²) >= 11 is 0. The molecule has 0 aromatic carbocycles. The van der Waals surface area contributed by atoms with Crippen LogP contribution in [0.25, 0.3) is 16.8 Å². The SMILES string of the molecule is Cc1nc(C)c(-c2ccn3nc(N)nc3c2)cc1C(=O)NCc1cccnc1OCC1CCC1. The first-order valence-corrected chi connectivity index (χ1v) is 11.4. The summed E-state index contributed by atoms with van der Waals surface area (Å²) in [6.07, 6.45) is 7.19. The van der Waals surface area contributed by atoms with Crippen molar-refractivity contribution in [2.75, 3.05) is 12.3 Å². The molecule has 1 amide bonds. The van der Waals surface area contributed by atoms with Crippen molar-refractivity contribution in [3.63, 3.8) is 0 Å². The number of nitrogen functional groups attached to an aromatic ring is 1. The fourth-order valence-corrected chi connectivity index (χ4v) is 4.13. The second-order valence-electron chi connectivity index (χ2n) is 8.70. The van der Waals surface area contributed by atoms with Gasteiger partial charge in [0.1, 0.15) is 0 Å². The largest absolute Gasteiger partial charge is 0.477 e. The highest BCUT2D eigenvalue weighted by Gasteiger charge is 2.19. The first-order chi connectivity index (χ1) is 16.5. The van der Waals surface area contributed by atoms with E-state index < -0.39 is 0 Å². The van der Waals surface area contributed by atoms with E-state index in [2.05, 4.69) is 25.4 Å². The van der Waals surface area contributed by atoms with E-state index in [1.54, 1.807) is 16.9 Å². The summed E-state index contributed by atoms with van der Waals surface area (Å²) in [6, 6.07) is 9.43. The smallest absolute Gasteiger partial charge is 0.253 e. The lowest BCUT2D eigenvalue weighted by molar-refractivity contribution is 0.0949. The zero-order valence-electron chi connectivity index (χ0n) is 19.3. The molecule has 1 aliphatic carbocycles. The van der Waals surface area contributed by atoms with Gasteiger partial charge >= 0.3 is 0 Å². The van der Waals surface area contributed by atoms with Gasteiger partial charge in [-0.1, -0.05) is 12.5 Å². The third-order valence-corrected chi connectivity index (χ3v) is 6.28. The van der Waals surface area contributed by atoms with Crippen molar-refractivity contribution in [2.45, 2.75) is 39.7 Å². The summed E-state index contributed by atoms with van der Waals surface area (Å²) in [6.45, 7) is 4.75. The van der Waals surface area contributed by atoms with Gasteiger partial charge in [0.15, 0.2) is 5.65 Å². The third kappa shape index (κ3) is 4.41. The number of pyridine rings is 3. The molecule has 0 radical (unpaired) electrons. The summed E-state index contributed by atoms with van der Waals surface area (Å²) in [5.74, 6) is 1.20. The molecule has 0 aliphatic heterocycles. The van der Waals surface area contributed by atoms with E-state index >= 15 is 0 Å². The van der Waals surface area contributed by atoms with Gasteiger partial charge in [-0.25, -0.2) is 9.50 Å². The Hall–Kier alpha value is -4.01. The predicted molar refractivity (Wildman–Crippen MR) is 128 cm³/mol. The van der Waals surface area contributed by atoms with Gasteiger partial charge in [-0.05, 0) is 62.4 Å². The van der Waals surface area contributed by atoms with Gasteiger partial charge in [-0.15, -0.1) is 5.10 Å². The topological polar surface area (TPSA) is 120 Å². The van der Waals surface area contributed by atoms with Crippen molar-refractivity contribution in [1.29, 1.82) is 0 Å². The van der Waals surface area contributed by atoms with Gasteiger partial charge in [0.05, 0.1) is 17.9 Å². The molecule has 9 nitrogen and oxygen atoms in total. The Balaban J connectivity index is 1.35. The Morgan fingerprint density at radius 1 is 1.21 bits per heavy atom. The zero-order chi connectivity index (χ0) is 23.7. The average Bonchev–Trinajstić information content (AvgIpc) is 3.16. The standard InChI is InChI=1S/C25H27N7O2/c1-15-20(18-8-10-32-22(11-18)30-25(26)31-32)12-21(16(2)29-15)23(33)28-13-19-7-4-9-27-24(19)34-14-17-5-3-6-17/h4,7-12,17H,3,5-6,13-14H2,1-2H3,(H2,26,31)(H,28,33). The van der Waals surface area contributed by atoms with Crippen LogP contribution >= 0.6 is 0 Å². The zero-order valence-corrected chi connectivity index (χ0v) is 19.3. The molecule has 1 aliphatic rings. The van der Waals surface area contributed by atoms with Crippen molar-refractivity contribution < 1.29 is 9.53 Å². The summed E-state index contributed by atoms with van der Waals surface area (Å²) in [5, 5.41) is 7.11. The Morgan fingerprint density at radius 3 is 2.85 bits per heavy atom. The molecule has 5 rings (SSSR count). The molecular weight excluding hydrogens is 430 g/mol. The molecule has 4 heterocycles. The number of rotatable bonds is 7. The van der Waals surface area contributed by atoms with E-state index in [9.17, 15) is 4.79 Å². The Labute approximate surface area is 197 Å². The number of fused-ring (bicyclic) bond motifs is 1. The fourth-order valence-electron chi connectivity index (χ4n) is 4.13. The monoisotopic (exact) mass is 457 g/mol. The Morgan fingerprint density at radius 2 is 2.06 bits per heavy atom. The second kappa shape index (κ2) is 9.09. The fraction of sp³-hybridized carbons (Fsp3) is 0.320. The Kier molecular flexibility index (Phi) is 5.83. The molecule has 3 N–H and O–H groups in total. The van der Waals surface area contributed by atoms with Gasteiger partial charge in [0.25, 0.3) is 5.91 Å². The van der Waals surface area contributed by atoms with Crippen LogP contribution in [0.5, 0.6) is 5.88 Å². The van der Waals surface area contributed by atoms with Crippen LogP contribution in [0.3, 0.4) is 0 Å². The van der Waals surface area contributed by atoms with Crippen molar-refractivity contribution in [3.8, 4) is 17.0 Å². The van der Waals surface area contributed by atoms with Crippen molar-refractivity contribution in [1.82, 2.24) is 29.9 Å². The van der Waals surface area contributed by atoms with Gasteiger partial charge in [0, 0.05) is 35.8 Å². The van der Waals surface area contributed by atoms with E-state index in [-0.39, 0.29) is 11.9 Å². The molecule has 174 valence electrons. The quantitative estimate of drug-likeness (QED) is 0.436. The van der Waals surface area contributed by atoms with Crippen LogP contribution in [0, 0.1) is 19.8 Å². The van der Waals surface area contributed by atoms with E-state index in [1.807, 2.05) is 44.2 Å². The number of ether oxygens (including phenoxy) is 1. The highest BCUT2D eigenvalue weighted by atomic mass is 16.5. The van der Waals surface area contributed by atoms with Crippen LogP contribution in [0.1, 0.15) is 46.6 Å². The number of nitrogens with two attached hydrogens (primary N) is 1. The highest BCUT2D eigenvalue weighted by molar-refractivity contribution is 5.96. The number of carbonyl (C=O) groups excluding carboxylic acids is 1. The van der Waals surface area contributed by atoms with Gasteiger partial charge < -0.3 is 15.8 Å². The number of nitrogens with zero attached hydrogens (tertiary/aromatic N) is 5. The van der Waals surface area contributed by atoms with Crippen LogP contribution < -0.4 is 15.8 Å². The van der Waals surface area contributed by atoms with Crippen LogP contribution in [0.2, 0.25) is 0 Å². The number of amides is 1. The maximum absolute atomic E-state index is 13.1. The summed E-state index contributed by atoms with van der Waals surface area (Å²) < 4.78 is 7.55. The lowest BCUT2D eigenvalue weighted by atomic mass is 9.86. The molecule has 4 aromatic rings. The molecule has 9 heteroatoms. The number of carbonyl (C=O) groups is 1. The first kappa shape index (κ1) is 21.8. The molecule has 4 aromatic heterocycles. The third-order valence-electron chi connectivity index (χ3n) is 6.28. The number of aromatic nitrogens is 5. The van der Waals surface area contributed by atoms with E-state index in [1.165, 1.54) is 19.3 Å². The maximum atomic E-state index is 13.1. The highest BCUT2D eigenvalue weighted by Crippen LogP contribution is 2.28. The Bertz CT molecular complexity index is 1360. The minimum Gasteiger partial charge on any atom is -0.477 e. The number of hydrogen-bond acceptors (Lipinski definition) is 7. The molecule has 34 heavy (non-hydrogen) atoms. The maximum Gasteiger partial charge on any atom is 0.253 e. The van der Waals surface area contributed by atoms with Crippen molar-refractivity contribution in [2.24, 2.45) is 5.92 Å². The van der Waals surface area contributed by atoms with E-state index in [0.29, 0.717) is 41.9 Å². The van der Waals surface area contributed by atoms with E-state index in [4.69, 9.17) is 10.5 Å². The molecule has 1 saturated carbocycles. The van der Waals surface area contributed by atoms with Crippen LogP contribution in [0.4, 0.5) is 5.95 Å². The summed E-state index contributed by atoms with van der Waals surface area (Å²) in [5.41, 5.74) is 10.9. The van der Waals surface area contributed by atoms with Crippen molar-refractivity contribution in [3.05, 3.63) is 65.2 Å². The first-order valence-electron chi connectivity index (χ1n) is 11.4. The van der Waals surface area contributed by atoms with Gasteiger partial charge in [0.2, 0.25) is 11.8 Å². The lowest BCUT2D eigenvalue weighted by Crippen LogP contribution is -2.25. The van der Waals surface area contributed by atoms with E-state index in [0.717, 1.165) is 22.4 Å². The molecule has 0 bridgehead atoms. The normalized spacial score (nSPS) is 13.6. The number of anilines is 1. The van der Waals surface area contributed by atoms with Crippen LogP contribution in [-0.2, 0) is 6.54 Å². The molecule has 0 atom stereocenters. The van der Waals surface area contributed by atoms with Crippen molar-refractivity contribution >= 4 is 17.5 Å². The van der Waals surface area contributed by atoms with Gasteiger partial charge in [-0.3, -0.25) is 9.78 Å². The molecule has 0 saturated heterocycles. The van der Waals surface area contributed by atoms with Crippen LogP contribution in [0.15, 0.2) is 42.7 Å². The minimum absolute atomic E-state index is 0.201.